The van der Waals surface area contributed by atoms with Gasteiger partial charge in [0.2, 0.25) is 5.91 Å². The average molecular weight is 422 g/mol. The quantitative estimate of drug-likeness (QED) is 0.604. The number of carbonyl (C=O) groups is 3. The molecule has 0 aromatic heterocycles. The highest BCUT2D eigenvalue weighted by Crippen LogP contribution is 2.24. The van der Waals surface area contributed by atoms with E-state index in [9.17, 15) is 14.4 Å². The van der Waals surface area contributed by atoms with Gasteiger partial charge in [-0.05, 0) is 43.2 Å². The summed E-state index contributed by atoms with van der Waals surface area (Å²) in [5.74, 6) is -0.322. The van der Waals surface area contributed by atoms with Crippen molar-refractivity contribution < 1.29 is 14.4 Å². The van der Waals surface area contributed by atoms with Crippen molar-refractivity contribution in [2.24, 2.45) is 5.92 Å². The number of hydrogen-bond acceptors (Lipinski definition) is 3. The first-order valence-corrected chi connectivity index (χ1v) is 10.8. The van der Waals surface area contributed by atoms with Crippen molar-refractivity contribution in [1.82, 2.24) is 15.5 Å². The van der Waals surface area contributed by atoms with Gasteiger partial charge in [0.05, 0.1) is 6.04 Å². The number of hydrogen-bond donors (Lipinski definition) is 2. The van der Waals surface area contributed by atoms with Crippen LogP contribution in [0, 0.1) is 5.92 Å². The molecule has 0 aliphatic carbocycles. The summed E-state index contributed by atoms with van der Waals surface area (Å²) in [6.07, 6.45) is 1.90. The van der Waals surface area contributed by atoms with Crippen molar-refractivity contribution in [2.45, 2.75) is 51.6 Å². The first kappa shape index (κ1) is 22.5. The molecule has 31 heavy (non-hydrogen) atoms. The molecule has 1 aliphatic rings. The highest BCUT2D eigenvalue weighted by Gasteiger charge is 2.47. The number of aryl methyl sites for hydroxylation is 1. The van der Waals surface area contributed by atoms with Crippen LogP contribution in [0.2, 0.25) is 0 Å². The van der Waals surface area contributed by atoms with Gasteiger partial charge in [-0.2, -0.15) is 0 Å². The van der Waals surface area contributed by atoms with Gasteiger partial charge >= 0.3 is 6.03 Å². The van der Waals surface area contributed by atoms with E-state index in [1.807, 2.05) is 60.7 Å². The molecule has 0 radical (unpaired) electrons. The Morgan fingerprint density at radius 2 is 1.65 bits per heavy atom. The van der Waals surface area contributed by atoms with Crippen LogP contribution in [0.1, 0.15) is 50.8 Å². The molecule has 1 saturated heterocycles. The third-order valence-corrected chi connectivity index (χ3v) is 5.65. The number of benzene rings is 2. The van der Waals surface area contributed by atoms with Crippen molar-refractivity contribution >= 4 is 17.8 Å². The summed E-state index contributed by atoms with van der Waals surface area (Å²) in [7, 11) is 0. The molecule has 2 atom stereocenters. The summed E-state index contributed by atoms with van der Waals surface area (Å²) in [6, 6.07) is 18.9. The summed E-state index contributed by atoms with van der Waals surface area (Å²) in [5.41, 5.74) is 1.10. The van der Waals surface area contributed by atoms with Crippen LogP contribution in [0.15, 0.2) is 60.7 Å². The summed E-state index contributed by atoms with van der Waals surface area (Å²) >= 11 is 0. The Balaban J connectivity index is 1.63. The number of amides is 4. The zero-order valence-corrected chi connectivity index (χ0v) is 18.4. The molecule has 4 amide bonds. The third kappa shape index (κ3) is 5.72. The molecule has 0 saturated carbocycles. The first-order valence-electron chi connectivity index (χ1n) is 10.8. The predicted molar refractivity (Wildman–Crippen MR) is 120 cm³/mol. The molecule has 6 heteroatoms. The summed E-state index contributed by atoms with van der Waals surface area (Å²) < 4.78 is 0. The number of nitrogens with zero attached hydrogens (tertiary/aromatic N) is 1. The van der Waals surface area contributed by atoms with Gasteiger partial charge in [-0.15, -0.1) is 0 Å². The Morgan fingerprint density at radius 1 is 1.03 bits per heavy atom. The van der Waals surface area contributed by atoms with Gasteiger partial charge in [-0.1, -0.05) is 74.5 Å². The van der Waals surface area contributed by atoms with Gasteiger partial charge in [0.25, 0.3) is 5.91 Å². The Bertz CT molecular complexity index is 914. The fourth-order valence-electron chi connectivity index (χ4n) is 3.92. The monoisotopic (exact) mass is 421 g/mol. The minimum atomic E-state index is -1.01. The molecule has 0 spiro atoms. The van der Waals surface area contributed by atoms with E-state index in [-0.39, 0.29) is 24.4 Å². The van der Waals surface area contributed by atoms with Gasteiger partial charge in [-0.25, -0.2) is 4.79 Å². The third-order valence-electron chi connectivity index (χ3n) is 5.65. The smallest absolute Gasteiger partial charge is 0.325 e. The van der Waals surface area contributed by atoms with E-state index in [0.29, 0.717) is 18.8 Å². The van der Waals surface area contributed by atoms with Crippen molar-refractivity contribution in [3.05, 3.63) is 71.8 Å². The Kier molecular flexibility index (Phi) is 7.10. The topological polar surface area (TPSA) is 78.5 Å². The van der Waals surface area contributed by atoms with E-state index in [1.165, 1.54) is 0 Å². The molecule has 2 N–H and O–H groups in total. The normalized spacial score (nSPS) is 19.4. The molecule has 2 aromatic rings. The second kappa shape index (κ2) is 9.77. The molecule has 0 bridgehead atoms. The van der Waals surface area contributed by atoms with Gasteiger partial charge in [0.15, 0.2) is 0 Å². The second-order valence-corrected chi connectivity index (χ2v) is 8.80. The molecule has 2 aromatic carbocycles. The number of nitrogens with one attached hydrogen (secondary N) is 2. The lowest BCUT2D eigenvalue weighted by Gasteiger charge is -2.23. The Labute approximate surface area is 184 Å². The molecule has 0 unspecified atom stereocenters. The number of carbonyl (C=O) groups excluding carboxylic acids is 3. The fourth-order valence-corrected chi connectivity index (χ4v) is 3.92. The maximum absolute atomic E-state index is 13.0. The van der Waals surface area contributed by atoms with E-state index >= 15 is 0 Å². The predicted octanol–water partition coefficient (Wildman–Crippen LogP) is 3.83. The molecule has 1 fully saturated rings. The van der Waals surface area contributed by atoms with Gasteiger partial charge < -0.3 is 10.6 Å². The average Bonchev–Trinajstić information content (AvgIpc) is 2.96. The maximum atomic E-state index is 13.0. The maximum Gasteiger partial charge on any atom is 0.325 e. The van der Waals surface area contributed by atoms with Crippen molar-refractivity contribution in [2.75, 3.05) is 6.54 Å². The first-order chi connectivity index (χ1) is 14.8. The molecule has 1 heterocycles. The van der Waals surface area contributed by atoms with Crippen LogP contribution >= 0.6 is 0 Å². The molecule has 164 valence electrons. The minimum Gasteiger partial charge on any atom is -0.348 e. The highest BCUT2D eigenvalue weighted by molar-refractivity contribution is 6.08. The molecular formula is C25H31N3O3. The molecular weight excluding hydrogens is 390 g/mol. The van der Waals surface area contributed by atoms with Crippen LogP contribution in [0.4, 0.5) is 4.79 Å². The van der Waals surface area contributed by atoms with Crippen LogP contribution in [0.25, 0.3) is 0 Å². The fraction of sp³-hybridized carbons (Fsp3) is 0.400. The lowest BCUT2D eigenvalue weighted by molar-refractivity contribution is -0.135. The lowest BCUT2D eigenvalue weighted by atomic mass is 9.93. The van der Waals surface area contributed by atoms with E-state index in [1.54, 1.807) is 6.92 Å². The van der Waals surface area contributed by atoms with Crippen molar-refractivity contribution in [3.8, 4) is 0 Å². The van der Waals surface area contributed by atoms with E-state index in [0.717, 1.165) is 22.4 Å². The van der Waals surface area contributed by atoms with Crippen LogP contribution < -0.4 is 10.6 Å². The van der Waals surface area contributed by atoms with Crippen LogP contribution in [0.3, 0.4) is 0 Å². The second-order valence-electron chi connectivity index (χ2n) is 8.80. The zero-order valence-electron chi connectivity index (χ0n) is 18.4. The van der Waals surface area contributed by atoms with E-state index in [4.69, 9.17) is 0 Å². The Morgan fingerprint density at radius 3 is 2.26 bits per heavy atom. The standard InChI is InChI=1S/C25H31N3O3/c1-18(2)16-21(20-12-8-5-9-13-20)26-22(29)17-28-23(30)25(3,27-24(28)31)15-14-19-10-6-4-7-11-19/h4-13,18,21H,14-17H2,1-3H3,(H,26,29)(H,27,31)/t21-,25-/m0/s1. The largest absolute Gasteiger partial charge is 0.348 e. The number of rotatable bonds is 9. The Hall–Kier alpha value is -3.15. The van der Waals surface area contributed by atoms with Gasteiger partial charge in [0, 0.05) is 0 Å². The SMILES string of the molecule is CC(C)C[C@H](NC(=O)CN1C(=O)N[C@@](C)(CCc2ccccc2)C1=O)c1ccccc1. The van der Waals surface area contributed by atoms with E-state index in [2.05, 4.69) is 24.5 Å². The minimum absolute atomic E-state index is 0.168. The van der Waals surface area contributed by atoms with Gasteiger partial charge in [0.1, 0.15) is 12.1 Å². The van der Waals surface area contributed by atoms with E-state index < -0.39 is 11.6 Å². The van der Waals surface area contributed by atoms with Crippen molar-refractivity contribution in [1.29, 1.82) is 0 Å². The number of imide groups is 1. The highest BCUT2D eigenvalue weighted by atomic mass is 16.2. The summed E-state index contributed by atoms with van der Waals surface area (Å²) in [4.78, 5) is 39.3. The zero-order chi connectivity index (χ0) is 22.4. The summed E-state index contributed by atoms with van der Waals surface area (Å²) in [6.45, 7) is 5.63. The number of urea groups is 1. The molecule has 3 rings (SSSR count). The van der Waals surface area contributed by atoms with Crippen LogP contribution in [0.5, 0.6) is 0 Å². The molecule has 1 aliphatic heterocycles. The lowest BCUT2D eigenvalue weighted by Crippen LogP contribution is -2.45. The molecule has 6 nitrogen and oxygen atoms in total. The summed E-state index contributed by atoms with van der Waals surface area (Å²) in [5, 5.41) is 5.79. The van der Waals surface area contributed by atoms with Crippen LogP contribution in [-0.2, 0) is 16.0 Å². The van der Waals surface area contributed by atoms with Gasteiger partial charge in [-0.3, -0.25) is 14.5 Å². The van der Waals surface area contributed by atoms with Crippen LogP contribution in [-0.4, -0.2) is 34.8 Å². The van der Waals surface area contributed by atoms with Crippen molar-refractivity contribution in [3.63, 3.8) is 0 Å².